The van der Waals surface area contributed by atoms with Crippen LogP contribution in [0.2, 0.25) is 0 Å². The van der Waals surface area contributed by atoms with Crippen molar-refractivity contribution in [2.75, 3.05) is 32.6 Å². The van der Waals surface area contributed by atoms with Gasteiger partial charge in [0.05, 0.1) is 5.75 Å². The van der Waals surface area contributed by atoms with Gasteiger partial charge < -0.3 is 10.1 Å². The Labute approximate surface area is 111 Å². The molecule has 0 saturated carbocycles. The van der Waals surface area contributed by atoms with E-state index in [1.54, 1.807) is 0 Å². The van der Waals surface area contributed by atoms with Crippen LogP contribution in [0.4, 0.5) is 0 Å². The van der Waals surface area contributed by atoms with E-state index >= 15 is 0 Å². The maximum atomic E-state index is 11.9. The van der Waals surface area contributed by atoms with Gasteiger partial charge in [-0.15, -0.1) is 0 Å². The van der Waals surface area contributed by atoms with E-state index in [1.165, 1.54) is 0 Å². The molecule has 0 spiro atoms. The van der Waals surface area contributed by atoms with E-state index in [0.717, 1.165) is 39.0 Å². The number of hydrogen-bond donors (Lipinski definition) is 2. The molecule has 0 aliphatic carbocycles. The molecule has 0 amide bonds. The lowest BCUT2D eigenvalue weighted by Crippen LogP contribution is -2.41. The summed E-state index contributed by atoms with van der Waals surface area (Å²) in [6.45, 7) is 4.32. The third kappa shape index (κ3) is 6.13. The van der Waals surface area contributed by atoms with Gasteiger partial charge in [-0.05, 0) is 52.1 Å². The van der Waals surface area contributed by atoms with Crippen molar-refractivity contribution in [3.8, 4) is 0 Å². The van der Waals surface area contributed by atoms with Gasteiger partial charge in [0.1, 0.15) is 0 Å². The Hall–Kier alpha value is -0.170. The fourth-order valence-corrected chi connectivity index (χ4v) is 3.71. The van der Waals surface area contributed by atoms with Crippen molar-refractivity contribution in [1.29, 1.82) is 0 Å². The van der Waals surface area contributed by atoms with Crippen molar-refractivity contribution in [3.63, 3.8) is 0 Å². The molecule has 0 aromatic heterocycles. The van der Waals surface area contributed by atoms with Crippen molar-refractivity contribution < 1.29 is 13.2 Å². The highest BCUT2D eigenvalue weighted by Crippen LogP contribution is 2.19. The van der Waals surface area contributed by atoms with Gasteiger partial charge in [-0.2, -0.15) is 0 Å². The van der Waals surface area contributed by atoms with Crippen LogP contribution >= 0.6 is 0 Å². The Morgan fingerprint density at radius 1 is 1.28 bits per heavy atom. The number of hydrogen-bond acceptors (Lipinski definition) is 4. The standard InChI is InChI=1S/C12H26N2O3S/c1-11(12-5-8-17-9-6-12)14-18(15,16)10-4-3-7-13-2/h11-14H,3-10H2,1-2H3. The molecule has 5 nitrogen and oxygen atoms in total. The molecular formula is C12H26N2O3S. The molecule has 18 heavy (non-hydrogen) atoms. The minimum Gasteiger partial charge on any atom is -0.381 e. The van der Waals surface area contributed by atoms with Gasteiger partial charge in [0.15, 0.2) is 0 Å². The van der Waals surface area contributed by atoms with Gasteiger partial charge in [-0.3, -0.25) is 0 Å². The molecule has 0 aromatic rings. The monoisotopic (exact) mass is 278 g/mol. The Morgan fingerprint density at radius 2 is 1.94 bits per heavy atom. The van der Waals surface area contributed by atoms with Gasteiger partial charge >= 0.3 is 0 Å². The Kier molecular flexibility index (Phi) is 7.14. The Morgan fingerprint density at radius 3 is 2.56 bits per heavy atom. The average molecular weight is 278 g/mol. The molecule has 0 radical (unpaired) electrons. The van der Waals surface area contributed by atoms with Crippen molar-refractivity contribution in [3.05, 3.63) is 0 Å². The molecule has 2 N–H and O–H groups in total. The van der Waals surface area contributed by atoms with Crippen LogP contribution in [0.15, 0.2) is 0 Å². The summed E-state index contributed by atoms with van der Waals surface area (Å²) >= 11 is 0. The van der Waals surface area contributed by atoms with Gasteiger partial charge in [0, 0.05) is 19.3 Å². The van der Waals surface area contributed by atoms with Crippen LogP contribution in [0.5, 0.6) is 0 Å². The van der Waals surface area contributed by atoms with E-state index in [2.05, 4.69) is 10.0 Å². The number of ether oxygens (including phenoxy) is 1. The van der Waals surface area contributed by atoms with E-state index in [4.69, 9.17) is 4.74 Å². The Bertz CT molecular complexity index is 313. The summed E-state index contributed by atoms with van der Waals surface area (Å²) < 4.78 is 31.9. The van der Waals surface area contributed by atoms with Crippen molar-refractivity contribution in [1.82, 2.24) is 10.0 Å². The fraction of sp³-hybridized carbons (Fsp3) is 1.00. The average Bonchev–Trinajstić information content (AvgIpc) is 2.35. The smallest absolute Gasteiger partial charge is 0.211 e. The molecule has 0 bridgehead atoms. The summed E-state index contributed by atoms with van der Waals surface area (Å²) in [5, 5.41) is 3.02. The summed E-state index contributed by atoms with van der Waals surface area (Å²) in [7, 11) is -1.25. The quantitative estimate of drug-likeness (QED) is 0.642. The second-order valence-electron chi connectivity index (χ2n) is 4.99. The molecule has 1 unspecified atom stereocenters. The maximum absolute atomic E-state index is 11.9. The van der Waals surface area contributed by atoms with Crippen LogP contribution in [0, 0.1) is 5.92 Å². The minimum atomic E-state index is -3.13. The minimum absolute atomic E-state index is 0.0169. The molecule has 1 saturated heterocycles. The lowest BCUT2D eigenvalue weighted by Gasteiger charge is -2.28. The van der Waals surface area contributed by atoms with Crippen LogP contribution in [0.3, 0.4) is 0 Å². The van der Waals surface area contributed by atoms with E-state index in [0.29, 0.717) is 12.3 Å². The molecule has 0 aromatic carbocycles. The van der Waals surface area contributed by atoms with Crippen LogP contribution in [-0.2, 0) is 14.8 Å². The van der Waals surface area contributed by atoms with Crippen LogP contribution in [0.1, 0.15) is 32.6 Å². The highest BCUT2D eigenvalue weighted by Gasteiger charge is 2.24. The highest BCUT2D eigenvalue weighted by molar-refractivity contribution is 7.89. The van der Waals surface area contributed by atoms with Crippen molar-refractivity contribution >= 4 is 10.0 Å². The lowest BCUT2D eigenvalue weighted by molar-refractivity contribution is 0.0585. The normalized spacial score (nSPS) is 19.9. The second kappa shape index (κ2) is 8.09. The molecule has 1 atom stereocenters. The molecule has 6 heteroatoms. The summed E-state index contributed by atoms with van der Waals surface area (Å²) in [4.78, 5) is 0. The predicted octanol–water partition coefficient (Wildman–Crippen LogP) is 0.721. The molecule has 1 aliphatic rings. The first-order valence-electron chi connectivity index (χ1n) is 6.77. The number of sulfonamides is 1. The van der Waals surface area contributed by atoms with Crippen LogP contribution in [0.25, 0.3) is 0 Å². The van der Waals surface area contributed by atoms with Crippen molar-refractivity contribution in [2.45, 2.75) is 38.6 Å². The summed E-state index contributed by atoms with van der Waals surface area (Å²) in [6, 6.07) is 0.0169. The van der Waals surface area contributed by atoms with Gasteiger partial charge in [-0.25, -0.2) is 13.1 Å². The Balaban J connectivity index is 2.29. The molecular weight excluding hydrogens is 252 g/mol. The summed E-state index contributed by atoms with van der Waals surface area (Å²) in [5.74, 6) is 0.633. The highest BCUT2D eigenvalue weighted by atomic mass is 32.2. The zero-order valence-corrected chi connectivity index (χ0v) is 12.3. The molecule has 108 valence electrons. The maximum Gasteiger partial charge on any atom is 0.211 e. The topological polar surface area (TPSA) is 67.4 Å². The first-order chi connectivity index (χ1) is 8.55. The zero-order valence-electron chi connectivity index (χ0n) is 11.4. The number of unbranched alkanes of at least 4 members (excludes halogenated alkanes) is 1. The predicted molar refractivity (Wildman–Crippen MR) is 73.1 cm³/mol. The molecule has 1 rings (SSSR count). The van der Waals surface area contributed by atoms with Crippen LogP contribution < -0.4 is 10.0 Å². The molecule has 1 heterocycles. The van der Waals surface area contributed by atoms with Crippen molar-refractivity contribution in [2.24, 2.45) is 5.92 Å². The van der Waals surface area contributed by atoms with E-state index < -0.39 is 10.0 Å². The van der Waals surface area contributed by atoms with Gasteiger partial charge in [0.25, 0.3) is 0 Å². The summed E-state index contributed by atoms with van der Waals surface area (Å²) in [6.07, 6.45) is 3.49. The number of rotatable bonds is 8. The largest absolute Gasteiger partial charge is 0.381 e. The van der Waals surface area contributed by atoms with E-state index in [9.17, 15) is 8.42 Å². The lowest BCUT2D eigenvalue weighted by atomic mass is 9.94. The first kappa shape index (κ1) is 15.9. The first-order valence-corrected chi connectivity index (χ1v) is 8.43. The SMILES string of the molecule is CNCCCCS(=O)(=O)NC(C)C1CCOCC1. The third-order valence-electron chi connectivity index (χ3n) is 3.43. The van der Waals surface area contributed by atoms with Gasteiger partial charge in [-0.1, -0.05) is 0 Å². The molecule has 1 aliphatic heterocycles. The van der Waals surface area contributed by atoms with E-state index in [1.807, 2.05) is 14.0 Å². The van der Waals surface area contributed by atoms with E-state index in [-0.39, 0.29) is 11.8 Å². The number of nitrogens with one attached hydrogen (secondary N) is 2. The fourth-order valence-electron chi connectivity index (χ4n) is 2.25. The van der Waals surface area contributed by atoms with Gasteiger partial charge in [0.2, 0.25) is 10.0 Å². The zero-order chi connectivity index (χ0) is 13.4. The molecule has 1 fully saturated rings. The third-order valence-corrected chi connectivity index (χ3v) is 4.99. The summed E-state index contributed by atoms with van der Waals surface area (Å²) in [5.41, 5.74) is 0. The second-order valence-corrected chi connectivity index (χ2v) is 6.86. The van der Waals surface area contributed by atoms with Crippen LogP contribution in [-0.4, -0.2) is 47.0 Å².